The molecule has 2 atom stereocenters. The Bertz CT molecular complexity index is 2390. The van der Waals surface area contributed by atoms with Crippen molar-refractivity contribution < 1.29 is 51.7 Å². The van der Waals surface area contributed by atoms with Gasteiger partial charge in [-0.05, 0) is 131 Å². The summed E-state index contributed by atoms with van der Waals surface area (Å²) in [6.07, 6.45) is 0.246. The van der Waals surface area contributed by atoms with Crippen LogP contribution in [0.1, 0.15) is 45.0 Å². The molecular formula is C50H59Br2N3O11. The third kappa shape index (κ3) is 14.3. The Hall–Kier alpha value is -5.46. The molecule has 1 amide bonds. The zero-order chi connectivity index (χ0) is 48.5. The van der Waals surface area contributed by atoms with Gasteiger partial charge in [0.15, 0.2) is 11.9 Å². The maximum absolute atomic E-state index is 13.1. The molecule has 0 aliphatic rings. The molecule has 0 saturated heterocycles. The van der Waals surface area contributed by atoms with E-state index in [1.54, 1.807) is 53.9 Å². The van der Waals surface area contributed by atoms with E-state index < -0.39 is 12.2 Å². The Morgan fingerprint density at radius 3 is 1.35 bits per heavy atom. The Kier molecular flexibility index (Phi) is 21.0. The number of rotatable bonds is 18. The fourth-order valence-electron chi connectivity index (χ4n) is 6.58. The number of amides is 1. The molecule has 0 fully saturated rings. The second-order valence-electron chi connectivity index (χ2n) is 15.1. The highest BCUT2D eigenvalue weighted by Gasteiger charge is 2.26. The van der Waals surface area contributed by atoms with Crippen LogP contribution in [0.4, 0.5) is 0 Å². The number of Topliss-reactive ketones (excluding diaryl/α,β-unsaturated/α-hetero) is 1. The summed E-state index contributed by atoms with van der Waals surface area (Å²) in [5.74, 6) is 3.69. The number of hydrogen-bond acceptors (Lipinski definition) is 13. The summed E-state index contributed by atoms with van der Waals surface area (Å²) >= 11 is 6.87. The predicted molar refractivity (Wildman–Crippen MR) is 261 cm³/mol. The largest absolute Gasteiger partial charge is 0.495 e. The van der Waals surface area contributed by atoms with E-state index in [4.69, 9.17) is 42.1 Å². The van der Waals surface area contributed by atoms with Crippen LogP contribution in [0.2, 0.25) is 0 Å². The third-order valence-corrected chi connectivity index (χ3v) is 11.5. The van der Waals surface area contributed by atoms with Crippen LogP contribution < -0.4 is 18.9 Å². The van der Waals surface area contributed by atoms with Crippen molar-refractivity contribution in [1.82, 2.24) is 14.9 Å². The quantitative estimate of drug-likeness (QED) is 0.0598. The Morgan fingerprint density at radius 2 is 0.985 bits per heavy atom. The number of carbonyl (C=O) groups excluding carboxylic acids is 2. The van der Waals surface area contributed by atoms with Crippen LogP contribution in [0.5, 0.6) is 23.0 Å². The first-order valence-electron chi connectivity index (χ1n) is 20.5. The third-order valence-electron chi connectivity index (χ3n) is 9.91. The minimum absolute atomic E-state index is 0.222. The van der Waals surface area contributed by atoms with E-state index in [-0.39, 0.29) is 17.5 Å². The number of halogens is 2. The van der Waals surface area contributed by atoms with Crippen LogP contribution >= 0.6 is 31.9 Å². The number of ether oxygens (including phenoxy) is 6. The summed E-state index contributed by atoms with van der Waals surface area (Å²) in [6.45, 7) is 1.69. The molecule has 16 heteroatoms. The Morgan fingerprint density at radius 1 is 0.561 bits per heavy atom. The van der Waals surface area contributed by atoms with Crippen LogP contribution in [-0.4, -0.2) is 112 Å². The average molecular weight is 1040 g/mol. The van der Waals surface area contributed by atoms with Crippen LogP contribution in [-0.2, 0) is 32.2 Å². The minimum Gasteiger partial charge on any atom is -0.495 e. The van der Waals surface area contributed by atoms with Crippen molar-refractivity contribution in [2.24, 2.45) is 0 Å². The number of likely N-dealkylation sites (N-methyl/N-ethyl adjacent to an activating group) is 1. The highest BCUT2D eigenvalue weighted by Crippen LogP contribution is 2.40. The van der Waals surface area contributed by atoms with Gasteiger partial charge in [-0.3, -0.25) is 14.4 Å². The lowest BCUT2D eigenvalue weighted by Crippen LogP contribution is -2.31. The molecule has 0 radical (unpaired) electrons. The SMILES string of the molecule is COC(C(=O)N(C)OC)c1ccc(CN(C)C)cc1.COc1cc(-c2ccc(C(=O)C(OC)c3ccc(CN(C)C)cc3)o2)cc(OC)c1Br.COc1cc(-c2ccco2)cc(OC)c1Br. The van der Waals surface area contributed by atoms with Crippen molar-refractivity contribution in [3.8, 4) is 45.6 Å². The number of benzene rings is 4. The Balaban J connectivity index is 0.000000233. The van der Waals surface area contributed by atoms with Gasteiger partial charge in [0.2, 0.25) is 5.78 Å². The number of carbonyl (C=O) groups is 2. The van der Waals surface area contributed by atoms with Crippen LogP contribution in [0, 0.1) is 0 Å². The summed E-state index contributed by atoms with van der Waals surface area (Å²) in [4.78, 5) is 34.2. The fraction of sp³-hybridized carbons (Fsp3) is 0.320. The summed E-state index contributed by atoms with van der Waals surface area (Å²) in [5.41, 5.74) is 5.60. The van der Waals surface area contributed by atoms with E-state index in [2.05, 4.69) is 41.7 Å². The zero-order valence-electron chi connectivity index (χ0n) is 39.5. The molecule has 4 aromatic carbocycles. The van der Waals surface area contributed by atoms with Gasteiger partial charge in [0, 0.05) is 45.5 Å². The van der Waals surface area contributed by atoms with Crippen LogP contribution in [0.25, 0.3) is 22.6 Å². The first-order chi connectivity index (χ1) is 31.6. The first-order valence-corrected chi connectivity index (χ1v) is 22.1. The number of furan rings is 2. The molecular weight excluding hydrogens is 978 g/mol. The molecule has 0 N–H and O–H groups in total. The molecule has 2 heterocycles. The van der Waals surface area contributed by atoms with Gasteiger partial charge in [0.05, 0.1) is 41.8 Å². The van der Waals surface area contributed by atoms with Gasteiger partial charge in [0.1, 0.15) is 49.6 Å². The average Bonchev–Trinajstić information content (AvgIpc) is 4.05. The van der Waals surface area contributed by atoms with E-state index in [0.29, 0.717) is 33.2 Å². The number of hydroxylamine groups is 2. The molecule has 66 heavy (non-hydrogen) atoms. The molecule has 0 aliphatic heterocycles. The molecule has 0 bridgehead atoms. The molecule has 354 valence electrons. The lowest BCUT2D eigenvalue weighted by atomic mass is 10.0. The lowest BCUT2D eigenvalue weighted by molar-refractivity contribution is -0.179. The zero-order valence-corrected chi connectivity index (χ0v) is 42.6. The molecule has 14 nitrogen and oxygen atoms in total. The predicted octanol–water partition coefficient (Wildman–Crippen LogP) is 10.5. The highest BCUT2D eigenvalue weighted by atomic mass is 79.9. The molecule has 0 spiro atoms. The van der Waals surface area contributed by atoms with Crippen molar-refractivity contribution >= 4 is 43.6 Å². The van der Waals surface area contributed by atoms with E-state index in [9.17, 15) is 9.59 Å². The number of methoxy groups -OCH3 is 6. The van der Waals surface area contributed by atoms with E-state index in [1.165, 1.54) is 32.0 Å². The van der Waals surface area contributed by atoms with Gasteiger partial charge in [-0.2, -0.15) is 0 Å². The summed E-state index contributed by atoms with van der Waals surface area (Å²) in [5, 5.41) is 1.17. The van der Waals surface area contributed by atoms with E-state index >= 15 is 0 Å². The molecule has 2 aromatic heterocycles. The van der Waals surface area contributed by atoms with Gasteiger partial charge in [-0.1, -0.05) is 48.5 Å². The normalized spacial score (nSPS) is 11.8. The lowest BCUT2D eigenvalue weighted by Gasteiger charge is -2.21. The molecule has 6 rings (SSSR count). The molecule has 0 aliphatic carbocycles. The maximum Gasteiger partial charge on any atom is 0.279 e. The number of ketones is 1. The topological polar surface area (TPSA) is 135 Å². The smallest absolute Gasteiger partial charge is 0.279 e. The van der Waals surface area contributed by atoms with Gasteiger partial charge in [-0.15, -0.1) is 0 Å². The summed E-state index contributed by atoms with van der Waals surface area (Å²) in [7, 11) is 20.5. The Labute approximate surface area is 404 Å². The number of nitrogens with zero attached hydrogens (tertiary/aromatic N) is 3. The van der Waals surface area contributed by atoms with Crippen molar-refractivity contribution in [2.75, 3.05) is 85.0 Å². The monoisotopic (exact) mass is 1040 g/mol. The van der Waals surface area contributed by atoms with Crippen LogP contribution in [0.15, 0.2) is 121 Å². The molecule has 2 unspecified atom stereocenters. The van der Waals surface area contributed by atoms with Crippen molar-refractivity contribution in [3.63, 3.8) is 0 Å². The van der Waals surface area contributed by atoms with Crippen molar-refractivity contribution in [1.29, 1.82) is 0 Å². The van der Waals surface area contributed by atoms with E-state index in [0.717, 1.165) is 51.1 Å². The first kappa shape index (κ1) is 53.2. The molecule has 0 saturated carbocycles. The summed E-state index contributed by atoms with van der Waals surface area (Å²) < 4.78 is 44.8. The number of hydrogen-bond donors (Lipinski definition) is 0. The van der Waals surface area contributed by atoms with Gasteiger partial charge < -0.3 is 47.1 Å². The van der Waals surface area contributed by atoms with Gasteiger partial charge in [-0.25, -0.2) is 5.06 Å². The summed E-state index contributed by atoms with van der Waals surface area (Å²) in [6, 6.07) is 30.2. The molecule has 6 aromatic rings. The van der Waals surface area contributed by atoms with Crippen molar-refractivity contribution in [2.45, 2.75) is 25.3 Å². The highest BCUT2D eigenvalue weighted by molar-refractivity contribution is 9.11. The minimum atomic E-state index is -0.749. The van der Waals surface area contributed by atoms with Gasteiger partial charge >= 0.3 is 0 Å². The second-order valence-corrected chi connectivity index (χ2v) is 16.7. The van der Waals surface area contributed by atoms with E-state index in [1.807, 2.05) is 113 Å². The van der Waals surface area contributed by atoms with Gasteiger partial charge in [0.25, 0.3) is 5.91 Å². The maximum atomic E-state index is 13.1. The van der Waals surface area contributed by atoms with Crippen molar-refractivity contribution in [3.05, 3.63) is 140 Å². The van der Waals surface area contributed by atoms with Crippen LogP contribution in [0.3, 0.4) is 0 Å². The second kappa shape index (κ2) is 26.0. The fourth-order valence-corrected chi connectivity index (χ4v) is 7.68. The standard InChI is InChI=1S/C24H26BrNO5.C14H22N2O3.C12H11BrO3/c1-26(2)14-15-6-8-16(9-7-15)24(30-5)23(27)19-11-10-18(31-19)17-12-20(28-3)22(25)21(13-17)29-4;1-15(2)10-11-6-8-12(9-7-11)13(18-4)14(17)16(3)19-5;1-14-10-6-8(9-4-3-5-16-9)7-11(15-2)12(10)13/h6-13,24H,14H2,1-5H3;6-9,13H,10H2,1-5H3;3-7H,1-2H3.